The molecule has 0 bridgehead atoms. The molecule has 0 saturated carbocycles. The van der Waals surface area contributed by atoms with E-state index in [2.05, 4.69) is 10.4 Å². The van der Waals surface area contributed by atoms with Crippen LogP contribution in [0, 0.1) is 6.92 Å². The summed E-state index contributed by atoms with van der Waals surface area (Å²) < 4.78 is 5.97. The summed E-state index contributed by atoms with van der Waals surface area (Å²) in [4.78, 5) is 36.7. The first-order chi connectivity index (χ1) is 11.3. The highest BCUT2D eigenvalue weighted by molar-refractivity contribution is 7.16. The number of carbonyl (C=O) groups excluding carboxylic acids is 2. The third-order valence-corrected chi connectivity index (χ3v) is 4.63. The number of hydrogen-bond acceptors (Lipinski definition) is 6. The van der Waals surface area contributed by atoms with Gasteiger partial charge in [0.2, 0.25) is 0 Å². The lowest BCUT2D eigenvalue weighted by Gasteiger charge is -2.08. The largest absolute Gasteiger partial charge is 0.478 e. The van der Waals surface area contributed by atoms with Crippen LogP contribution in [0.25, 0.3) is 0 Å². The van der Waals surface area contributed by atoms with Crippen LogP contribution in [0.5, 0.6) is 0 Å². The second-order valence-electron chi connectivity index (χ2n) is 4.98. The van der Waals surface area contributed by atoms with Gasteiger partial charge in [0.05, 0.1) is 18.9 Å². The van der Waals surface area contributed by atoms with E-state index in [0.717, 1.165) is 16.6 Å². The molecule has 0 unspecified atom stereocenters. The molecule has 0 atom stereocenters. The number of methoxy groups -OCH3 is 1. The molecule has 0 radical (unpaired) electrons. The molecule has 2 aromatic heterocycles. The van der Waals surface area contributed by atoms with Gasteiger partial charge in [-0.3, -0.25) is 9.48 Å². The predicted octanol–water partition coefficient (Wildman–Crippen LogP) is 2.09. The number of carbonyl (C=O) groups is 3. The fourth-order valence-corrected chi connectivity index (χ4v) is 3.56. The van der Waals surface area contributed by atoms with Crippen LogP contribution in [-0.2, 0) is 18.2 Å². The van der Waals surface area contributed by atoms with Crippen LogP contribution < -0.4 is 5.32 Å². The van der Waals surface area contributed by atoms with Crippen LogP contribution >= 0.6 is 11.3 Å². The standard InChI is InChI=1S/C15H17N3O5S/c1-5-8-7(2)24-13(10(8)15(22)23-4)17-12(19)11-9(14(20)21)6-16-18(11)3/h6H,5H2,1-4H3,(H,17,19)(H,20,21). The topological polar surface area (TPSA) is 111 Å². The Balaban J connectivity index is 2.45. The summed E-state index contributed by atoms with van der Waals surface area (Å²) in [6.07, 6.45) is 1.71. The van der Waals surface area contributed by atoms with Crippen molar-refractivity contribution in [2.45, 2.75) is 20.3 Å². The van der Waals surface area contributed by atoms with Crippen molar-refractivity contribution in [2.75, 3.05) is 12.4 Å². The smallest absolute Gasteiger partial charge is 0.341 e. The van der Waals surface area contributed by atoms with Gasteiger partial charge >= 0.3 is 11.9 Å². The van der Waals surface area contributed by atoms with Crippen molar-refractivity contribution in [3.63, 3.8) is 0 Å². The SMILES string of the molecule is CCc1c(C)sc(NC(=O)c2c(C(=O)O)cnn2C)c1C(=O)OC. The number of esters is 1. The number of amides is 1. The van der Waals surface area contributed by atoms with Crippen molar-refractivity contribution >= 4 is 34.2 Å². The molecule has 2 N–H and O–H groups in total. The molecule has 0 aliphatic heterocycles. The molecule has 1 amide bonds. The van der Waals surface area contributed by atoms with Crippen LogP contribution in [0.1, 0.15) is 48.6 Å². The Hall–Kier alpha value is -2.68. The number of carboxylic acids is 1. The first-order valence-corrected chi connectivity index (χ1v) is 7.90. The van der Waals surface area contributed by atoms with Gasteiger partial charge in [-0.05, 0) is 18.9 Å². The lowest BCUT2D eigenvalue weighted by Crippen LogP contribution is -2.20. The summed E-state index contributed by atoms with van der Waals surface area (Å²) in [5.74, 6) is -2.45. The number of hydrogen-bond donors (Lipinski definition) is 2. The van der Waals surface area contributed by atoms with Gasteiger partial charge in [-0.1, -0.05) is 6.92 Å². The zero-order valence-electron chi connectivity index (χ0n) is 13.7. The maximum atomic E-state index is 12.5. The molecule has 0 spiro atoms. The molecule has 2 rings (SSSR count). The molecule has 0 aromatic carbocycles. The van der Waals surface area contributed by atoms with E-state index in [1.54, 1.807) is 0 Å². The molecule has 0 aliphatic carbocycles. The summed E-state index contributed by atoms with van der Waals surface area (Å²) in [6, 6.07) is 0. The monoisotopic (exact) mass is 351 g/mol. The van der Waals surface area contributed by atoms with Gasteiger partial charge in [0.15, 0.2) is 0 Å². The average Bonchev–Trinajstić information content (AvgIpc) is 3.06. The van der Waals surface area contributed by atoms with Crippen molar-refractivity contribution in [3.8, 4) is 0 Å². The molecule has 0 saturated heterocycles. The minimum absolute atomic E-state index is 0.0950. The summed E-state index contributed by atoms with van der Waals surface area (Å²) in [6.45, 7) is 3.75. The number of rotatable bonds is 5. The normalized spacial score (nSPS) is 10.5. The van der Waals surface area contributed by atoms with Crippen LogP contribution in [0.3, 0.4) is 0 Å². The number of aryl methyl sites for hydroxylation is 2. The number of thiophene rings is 1. The average molecular weight is 351 g/mol. The molecule has 128 valence electrons. The molecule has 0 fully saturated rings. The van der Waals surface area contributed by atoms with E-state index in [-0.39, 0.29) is 11.3 Å². The molecule has 8 nitrogen and oxygen atoms in total. The van der Waals surface area contributed by atoms with Gasteiger partial charge in [-0.15, -0.1) is 11.3 Å². The van der Waals surface area contributed by atoms with Crippen molar-refractivity contribution in [3.05, 3.63) is 33.5 Å². The van der Waals surface area contributed by atoms with Gasteiger partial charge in [0, 0.05) is 11.9 Å². The second-order valence-corrected chi connectivity index (χ2v) is 6.20. The quantitative estimate of drug-likeness (QED) is 0.798. The molecule has 24 heavy (non-hydrogen) atoms. The van der Waals surface area contributed by atoms with E-state index in [1.807, 2.05) is 13.8 Å². The Bertz CT molecular complexity index is 821. The number of aromatic carboxylic acids is 1. The molecular weight excluding hydrogens is 334 g/mol. The van der Waals surface area contributed by atoms with Crippen molar-refractivity contribution in [1.29, 1.82) is 0 Å². The van der Waals surface area contributed by atoms with Crippen LogP contribution in [0.15, 0.2) is 6.20 Å². The summed E-state index contributed by atoms with van der Waals surface area (Å²) >= 11 is 1.25. The Labute approximate surface area is 142 Å². The van der Waals surface area contributed by atoms with E-state index in [9.17, 15) is 14.4 Å². The van der Waals surface area contributed by atoms with Gasteiger partial charge in [-0.25, -0.2) is 9.59 Å². The third-order valence-electron chi connectivity index (χ3n) is 3.56. The number of anilines is 1. The van der Waals surface area contributed by atoms with E-state index < -0.39 is 17.8 Å². The molecule has 2 aromatic rings. The fraction of sp³-hybridized carbons (Fsp3) is 0.333. The van der Waals surface area contributed by atoms with Crippen LogP contribution in [0.2, 0.25) is 0 Å². The number of nitrogens with one attached hydrogen (secondary N) is 1. The maximum Gasteiger partial charge on any atom is 0.341 e. The number of aromatic nitrogens is 2. The number of ether oxygens (including phenoxy) is 1. The van der Waals surface area contributed by atoms with Gasteiger partial charge in [0.1, 0.15) is 16.3 Å². The fourth-order valence-electron chi connectivity index (χ4n) is 2.44. The zero-order chi connectivity index (χ0) is 18.0. The summed E-state index contributed by atoms with van der Waals surface area (Å²) in [5, 5.41) is 15.9. The van der Waals surface area contributed by atoms with Crippen molar-refractivity contribution < 1.29 is 24.2 Å². The number of carboxylic acid groups (broad SMARTS) is 1. The second kappa shape index (κ2) is 6.83. The Morgan fingerprint density at radius 3 is 2.62 bits per heavy atom. The van der Waals surface area contributed by atoms with Crippen LogP contribution in [-0.4, -0.2) is 39.8 Å². The highest BCUT2D eigenvalue weighted by Gasteiger charge is 2.26. The zero-order valence-corrected chi connectivity index (χ0v) is 14.5. The minimum Gasteiger partial charge on any atom is -0.478 e. The van der Waals surface area contributed by atoms with E-state index in [0.29, 0.717) is 17.0 Å². The van der Waals surface area contributed by atoms with E-state index >= 15 is 0 Å². The van der Waals surface area contributed by atoms with Gasteiger partial charge in [0.25, 0.3) is 5.91 Å². The Morgan fingerprint density at radius 2 is 2.08 bits per heavy atom. The molecular formula is C15H17N3O5S. The number of nitrogens with zero attached hydrogens (tertiary/aromatic N) is 2. The molecule has 2 heterocycles. The summed E-state index contributed by atoms with van der Waals surface area (Å²) in [7, 11) is 2.74. The Kier molecular flexibility index (Phi) is 5.03. The maximum absolute atomic E-state index is 12.5. The summed E-state index contributed by atoms with van der Waals surface area (Å²) in [5.41, 5.74) is 0.793. The van der Waals surface area contributed by atoms with Crippen molar-refractivity contribution in [2.24, 2.45) is 7.05 Å². The molecule has 0 aliphatic rings. The molecule has 9 heteroatoms. The lowest BCUT2D eigenvalue weighted by molar-refractivity contribution is 0.0600. The van der Waals surface area contributed by atoms with Crippen LogP contribution in [0.4, 0.5) is 5.00 Å². The lowest BCUT2D eigenvalue weighted by atomic mass is 10.1. The predicted molar refractivity (Wildman–Crippen MR) is 87.9 cm³/mol. The van der Waals surface area contributed by atoms with Crippen molar-refractivity contribution in [1.82, 2.24) is 9.78 Å². The van der Waals surface area contributed by atoms with E-state index in [1.165, 1.54) is 30.2 Å². The third kappa shape index (κ3) is 3.02. The highest BCUT2D eigenvalue weighted by Crippen LogP contribution is 2.34. The minimum atomic E-state index is -1.25. The van der Waals surface area contributed by atoms with Gasteiger partial charge in [-0.2, -0.15) is 5.10 Å². The van der Waals surface area contributed by atoms with Gasteiger partial charge < -0.3 is 15.2 Å². The first-order valence-electron chi connectivity index (χ1n) is 7.08. The first kappa shape index (κ1) is 17.7. The Morgan fingerprint density at radius 1 is 1.42 bits per heavy atom. The highest BCUT2D eigenvalue weighted by atomic mass is 32.1. The van der Waals surface area contributed by atoms with E-state index in [4.69, 9.17) is 9.84 Å².